The summed E-state index contributed by atoms with van der Waals surface area (Å²) in [5, 5.41) is 0. The van der Waals surface area contributed by atoms with E-state index in [1.54, 1.807) is 0 Å². The van der Waals surface area contributed by atoms with Crippen molar-refractivity contribution in [2.45, 2.75) is 58.8 Å². The van der Waals surface area contributed by atoms with Crippen molar-refractivity contribution in [3.8, 4) is 0 Å². The Labute approximate surface area is 112 Å². The molecule has 0 radical (unpaired) electrons. The summed E-state index contributed by atoms with van der Waals surface area (Å²) in [6, 6.07) is 0. The first-order valence-corrected chi connectivity index (χ1v) is 7.63. The summed E-state index contributed by atoms with van der Waals surface area (Å²) in [6.45, 7) is 7.92. The largest absolute Gasteiger partial charge is 0.381 e. The number of rotatable bonds is 8. The molecule has 0 atom stereocenters. The Kier molecular flexibility index (Phi) is 8.06. The van der Waals surface area contributed by atoms with Crippen LogP contribution < -0.4 is 0 Å². The van der Waals surface area contributed by atoms with Crippen LogP contribution in [0, 0.1) is 5.92 Å². The van der Waals surface area contributed by atoms with Crippen LogP contribution >= 0.6 is 0 Å². The van der Waals surface area contributed by atoms with Gasteiger partial charge >= 0.3 is 0 Å². The molecular formula is C15H29NO2. The molecule has 1 aliphatic rings. The van der Waals surface area contributed by atoms with Gasteiger partial charge in [0.2, 0.25) is 5.91 Å². The molecule has 0 unspecified atom stereocenters. The van der Waals surface area contributed by atoms with Crippen molar-refractivity contribution in [3.63, 3.8) is 0 Å². The van der Waals surface area contributed by atoms with Crippen LogP contribution in [0.1, 0.15) is 58.8 Å². The van der Waals surface area contributed by atoms with E-state index in [1.807, 2.05) is 0 Å². The fourth-order valence-electron chi connectivity index (χ4n) is 2.39. The van der Waals surface area contributed by atoms with Gasteiger partial charge in [0, 0.05) is 32.7 Å². The lowest BCUT2D eigenvalue weighted by Gasteiger charge is -2.27. The highest BCUT2D eigenvalue weighted by atomic mass is 16.5. The highest BCUT2D eigenvalue weighted by Crippen LogP contribution is 2.19. The SMILES string of the molecule is CCCCN(CCCC)C(=O)CC1CCOCC1. The smallest absolute Gasteiger partial charge is 0.222 e. The molecule has 0 aromatic rings. The third-order valence-electron chi connectivity index (χ3n) is 3.72. The first-order chi connectivity index (χ1) is 8.77. The average molecular weight is 255 g/mol. The van der Waals surface area contributed by atoms with Gasteiger partial charge in [0.25, 0.3) is 0 Å². The summed E-state index contributed by atoms with van der Waals surface area (Å²) in [5.74, 6) is 0.917. The van der Waals surface area contributed by atoms with Gasteiger partial charge in [-0.25, -0.2) is 0 Å². The molecule has 0 N–H and O–H groups in total. The van der Waals surface area contributed by atoms with E-state index in [9.17, 15) is 4.79 Å². The topological polar surface area (TPSA) is 29.5 Å². The average Bonchev–Trinajstić information content (AvgIpc) is 2.40. The lowest BCUT2D eigenvalue weighted by atomic mass is 9.96. The molecule has 3 heteroatoms. The summed E-state index contributed by atoms with van der Waals surface area (Å²) >= 11 is 0. The van der Waals surface area contributed by atoms with Gasteiger partial charge in [-0.2, -0.15) is 0 Å². The maximum atomic E-state index is 12.3. The Balaban J connectivity index is 2.35. The van der Waals surface area contributed by atoms with E-state index in [1.165, 1.54) is 0 Å². The molecular weight excluding hydrogens is 226 g/mol. The summed E-state index contributed by atoms with van der Waals surface area (Å²) in [7, 11) is 0. The van der Waals surface area contributed by atoms with Gasteiger partial charge in [0.05, 0.1) is 0 Å². The van der Waals surface area contributed by atoms with Gasteiger partial charge in [0.15, 0.2) is 0 Å². The monoisotopic (exact) mass is 255 g/mol. The molecule has 0 aromatic carbocycles. The number of carbonyl (C=O) groups excluding carboxylic acids is 1. The molecule has 3 nitrogen and oxygen atoms in total. The van der Waals surface area contributed by atoms with Crippen molar-refractivity contribution in [2.24, 2.45) is 5.92 Å². The number of unbranched alkanes of at least 4 members (excludes halogenated alkanes) is 2. The zero-order valence-corrected chi connectivity index (χ0v) is 12.1. The van der Waals surface area contributed by atoms with Gasteiger partial charge in [-0.15, -0.1) is 0 Å². The van der Waals surface area contributed by atoms with Gasteiger partial charge in [-0.05, 0) is 31.6 Å². The third-order valence-corrected chi connectivity index (χ3v) is 3.72. The minimum atomic E-state index is 0.365. The molecule has 1 heterocycles. The number of carbonyl (C=O) groups is 1. The number of ether oxygens (including phenoxy) is 1. The maximum Gasteiger partial charge on any atom is 0.222 e. The molecule has 0 spiro atoms. The van der Waals surface area contributed by atoms with Crippen molar-refractivity contribution in [1.82, 2.24) is 4.90 Å². The Morgan fingerprint density at radius 2 is 1.67 bits per heavy atom. The Morgan fingerprint density at radius 3 is 2.17 bits per heavy atom. The first-order valence-electron chi connectivity index (χ1n) is 7.63. The van der Waals surface area contributed by atoms with Crippen LogP contribution in [0.2, 0.25) is 0 Å². The fraction of sp³-hybridized carbons (Fsp3) is 0.933. The summed E-state index contributed by atoms with van der Waals surface area (Å²) in [5.41, 5.74) is 0. The second kappa shape index (κ2) is 9.37. The van der Waals surface area contributed by atoms with E-state index in [0.717, 1.165) is 71.2 Å². The predicted octanol–water partition coefficient (Wildman–Crippen LogP) is 3.23. The number of amides is 1. The quantitative estimate of drug-likeness (QED) is 0.666. The number of hydrogen-bond donors (Lipinski definition) is 0. The minimum absolute atomic E-state index is 0.365. The van der Waals surface area contributed by atoms with Crippen LogP contribution in [0.4, 0.5) is 0 Å². The van der Waals surface area contributed by atoms with Crippen molar-refractivity contribution < 1.29 is 9.53 Å². The Bertz CT molecular complexity index is 217. The summed E-state index contributed by atoms with van der Waals surface area (Å²) in [4.78, 5) is 14.4. The lowest BCUT2D eigenvalue weighted by molar-refractivity contribution is -0.133. The zero-order valence-electron chi connectivity index (χ0n) is 12.1. The highest BCUT2D eigenvalue weighted by molar-refractivity contribution is 5.76. The molecule has 1 amide bonds. The highest BCUT2D eigenvalue weighted by Gasteiger charge is 2.20. The van der Waals surface area contributed by atoms with Crippen molar-refractivity contribution in [2.75, 3.05) is 26.3 Å². The van der Waals surface area contributed by atoms with E-state index in [4.69, 9.17) is 4.74 Å². The van der Waals surface area contributed by atoms with E-state index >= 15 is 0 Å². The molecule has 1 saturated heterocycles. The van der Waals surface area contributed by atoms with Crippen molar-refractivity contribution >= 4 is 5.91 Å². The minimum Gasteiger partial charge on any atom is -0.381 e. The van der Waals surface area contributed by atoms with Crippen molar-refractivity contribution in [1.29, 1.82) is 0 Å². The van der Waals surface area contributed by atoms with Crippen LogP contribution in [0.3, 0.4) is 0 Å². The standard InChI is InChI=1S/C15H29NO2/c1-3-5-9-16(10-6-4-2)15(17)13-14-7-11-18-12-8-14/h14H,3-13H2,1-2H3. The normalized spacial score (nSPS) is 16.8. The van der Waals surface area contributed by atoms with Crippen LogP contribution in [0.5, 0.6) is 0 Å². The van der Waals surface area contributed by atoms with Crippen molar-refractivity contribution in [3.05, 3.63) is 0 Å². The summed E-state index contributed by atoms with van der Waals surface area (Å²) in [6.07, 6.45) is 7.42. The maximum absolute atomic E-state index is 12.3. The third kappa shape index (κ3) is 5.85. The van der Waals surface area contributed by atoms with Gasteiger partial charge in [-0.3, -0.25) is 4.79 Å². The molecule has 106 valence electrons. The molecule has 0 bridgehead atoms. The molecule has 1 rings (SSSR count). The van der Waals surface area contributed by atoms with Crippen LogP contribution in [0.25, 0.3) is 0 Å². The van der Waals surface area contributed by atoms with E-state index < -0.39 is 0 Å². The second-order valence-electron chi connectivity index (χ2n) is 5.35. The van der Waals surface area contributed by atoms with Gasteiger partial charge in [-0.1, -0.05) is 26.7 Å². The Hall–Kier alpha value is -0.570. The fourth-order valence-corrected chi connectivity index (χ4v) is 2.39. The van der Waals surface area contributed by atoms with Crippen LogP contribution in [-0.2, 0) is 9.53 Å². The zero-order chi connectivity index (χ0) is 13.2. The molecule has 0 saturated carbocycles. The van der Waals surface area contributed by atoms with E-state index in [-0.39, 0.29) is 0 Å². The second-order valence-corrected chi connectivity index (χ2v) is 5.35. The van der Waals surface area contributed by atoms with Crippen LogP contribution in [-0.4, -0.2) is 37.1 Å². The van der Waals surface area contributed by atoms with Crippen LogP contribution in [0.15, 0.2) is 0 Å². The molecule has 0 aromatic heterocycles. The molecule has 1 aliphatic heterocycles. The first kappa shape index (κ1) is 15.5. The summed E-state index contributed by atoms with van der Waals surface area (Å²) < 4.78 is 5.35. The predicted molar refractivity (Wildman–Crippen MR) is 74.6 cm³/mol. The van der Waals surface area contributed by atoms with Gasteiger partial charge < -0.3 is 9.64 Å². The molecule has 0 aliphatic carbocycles. The molecule has 18 heavy (non-hydrogen) atoms. The molecule has 1 fully saturated rings. The van der Waals surface area contributed by atoms with E-state index in [2.05, 4.69) is 18.7 Å². The Morgan fingerprint density at radius 1 is 1.11 bits per heavy atom. The number of nitrogens with zero attached hydrogens (tertiary/aromatic N) is 1. The lowest BCUT2D eigenvalue weighted by Crippen LogP contribution is -2.35. The van der Waals surface area contributed by atoms with E-state index in [0.29, 0.717) is 11.8 Å². The van der Waals surface area contributed by atoms with Gasteiger partial charge in [0.1, 0.15) is 0 Å². The number of hydrogen-bond acceptors (Lipinski definition) is 2.